The zero-order chi connectivity index (χ0) is 37.0. The molecule has 0 saturated heterocycles. The highest BCUT2D eigenvalue weighted by Crippen LogP contribution is 2.40. The Morgan fingerprint density at radius 2 is 1.60 bits per heavy atom. The number of carbonyl (C=O) groups is 6. The maximum absolute atomic E-state index is 14.2. The van der Waals surface area contributed by atoms with Crippen LogP contribution in [0.15, 0.2) is 36.4 Å². The standard InChI is InChI=1S/C36H46N6O8/c1-21-15-30(45)34(42(3)36(48)25(16-22(2)43)20-33(40)46)24-7-9-32(50-14-12-39)27(19-24)26-17-23(6-8-31(26)49-13-11-38)18-28(41-35(21)47)29(44)5-4-10-37/h6-9,17,19,21,25,28,34H,4-5,11-16,18,20,38-39H2,1-3H3,(H2,40,46)(H,41,47)/t21-,25+,28+,34+/m1/s1. The number of fused-ring (bicyclic) bond motifs is 5. The minimum Gasteiger partial charge on any atom is -0.492 e. The number of carbonyl (C=O) groups excluding carboxylic acids is 6. The maximum Gasteiger partial charge on any atom is 0.227 e. The Hall–Kier alpha value is -5.13. The highest BCUT2D eigenvalue weighted by Gasteiger charge is 2.36. The summed E-state index contributed by atoms with van der Waals surface area (Å²) in [6.45, 7) is 3.58. The van der Waals surface area contributed by atoms with E-state index in [0.717, 1.165) is 0 Å². The van der Waals surface area contributed by atoms with E-state index in [-0.39, 0.29) is 70.0 Å². The second-order valence-electron chi connectivity index (χ2n) is 12.4. The van der Waals surface area contributed by atoms with Crippen LogP contribution in [-0.2, 0) is 35.2 Å². The topological polar surface area (TPSA) is 238 Å². The van der Waals surface area contributed by atoms with E-state index in [1.165, 1.54) is 25.8 Å². The van der Waals surface area contributed by atoms with Gasteiger partial charge < -0.3 is 41.7 Å². The molecule has 7 N–H and O–H groups in total. The van der Waals surface area contributed by atoms with Gasteiger partial charge in [-0.3, -0.25) is 24.0 Å². The van der Waals surface area contributed by atoms with E-state index in [0.29, 0.717) is 33.8 Å². The summed E-state index contributed by atoms with van der Waals surface area (Å²) >= 11 is 0. The second kappa shape index (κ2) is 18.6. The Morgan fingerprint density at radius 3 is 2.18 bits per heavy atom. The SMILES string of the molecule is CC(=O)C[C@@H](CC(N)=O)C(=O)N(C)[C@@H]1C(=O)C[C@@H](C)C(=O)N[C@H](C(=O)CCC#N)Cc2ccc(OCCN)c(c2)-c2cc1ccc2OCCN. The molecule has 0 radical (unpaired) electrons. The molecule has 1 aliphatic heterocycles. The summed E-state index contributed by atoms with van der Waals surface area (Å²) in [5.41, 5.74) is 19.0. The Bertz CT molecular complexity index is 1620. The largest absolute Gasteiger partial charge is 0.492 e. The zero-order valence-corrected chi connectivity index (χ0v) is 28.7. The van der Waals surface area contributed by atoms with Gasteiger partial charge in [0.2, 0.25) is 17.7 Å². The number of ketones is 3. The summed E-state index contributed by atoms with van der Waals surface area (Å²) in [6.07, 6.45) is -1.02. The van der Waals surface area contributed by atoms with Crippen molar-refractivity contribution in [3.63, 3.8) is 0 Å². The molecule has 3 amide bonds. The van der Waals surface area contributed by atoms with Crippen LogP contribution in [0.1, 0.15) is 63.1 Å². The van der Waals surface area contributed by atoms with Crippen LogP contribution >= 0.6 is 0 Å². The number of hydrogen-bond acceptors (Lipinski definition) is 11. The van der Waals surface area contributed by atoms with Crippen molar-refractivity contribution in [2.75, 3.05) is 33.4 Å². The van der Waals surface area contributed by atoms with Gasteiger partial charge in [0.05, 0.1) is 18.0 Å². The number of ether oxygens (including phenoxy) is 2. The molecule has 0 spiro atoms. The number of nitrogens with zero attached hydrogens (tertiary/aromatic N) is 2. The number of primary amides is 1. The van der Waals surface area contributed by atoms with Crippen molar-refractivity contribution in [2.45, 2.75) is 64.5 Å². The molecular weight excluding hydrogens is 644 g/mol. The fourth-order valence-electron chi connectivity index (χ4n) is 5.96. The minimum atomic E-state index is -1.27. The Kier molecular flexibility index (Phi) is 14.6. The average Bonchev–Trinajstić information content (AvgIpc) is 3.07. The number of likely N-dealkylation sites (N-methyl/N-ethyl adjacent to an activating group) is 1. The van der Waals surface area contributed by atoms with Gasteiger partial charge in [-0.1, -0.05) is 19.1 Å². The van der Waals surface area contributed by atoms with Gasteiger partial charge >= 0.3 is 0 Å². The van der Waals surface area contributed by atoms with Crippen LogP contribution in [0, 0.1) is 23.2 Å². The summed E-state index contributed by atoms with van der Waals surface area (Å²) in [7, 11) is 1.39. The van der Waals surface area contributed by atoms with Gasteiger partial charge in [0.15, 0.2) is 11.6 Å². The van der Waals surface area contributed by atoms with E-state index >= 15 is 0 Å². The number of amides is 3. The van der Waals surface area contributed by atoms with Crippen LogP contribution in [0.3, 0.4) is 0 Å². The maximum atomic E-state index is 14.2. The molecule has 1 aliphatic rings. The molecule has 0 saturated carbocycles. The Balaban J connectivity index is 2.32. The summed E-state index contributed by atoms with van der Waals surface area (Å²) in [5, 5.41) is 11.9. The highest BCUT2D eigenvalue weighted by molar-refractivity contribution is 5.97. The molecule has 0 aromatic heterocycles. The molecule has 3 rings (SSSR count). The first kappa shape index (κ1) is 39.3. The predicted octanol–water partition coefficient (Wildman–Crippen LogP) is 1.51. The fourth-order valence-corrected chi connectivity index (χ4v) is 5.96. The molecule has 4 atom stereocenters. The second-order valence-corrected chi connectivity index (χ2v) is 12.4. The molecule has 2 aromatic rings. The molecular formula is C36H46N6O8. The first-order valence-corrected chi connectivity index (χ1v) is 16.5. The van der Waals surface area contributed by atoms with Gasteiger partial charge in [0.1, 0.15) is 36.5 Å². The summed E-state index contributed by atoms with van der Waals surface area (Å²) in [4.78, 5) is 80.0. The van der Waals surface area contributed by atoms with E-state index in [9.17, 15) is 28.8 Å². The van der Waals surface area contributed by atoms with Gasteiger partial charge in [-0.05, 0) is 48.7 Å². The highest BCUT2D eigenvalue weighted by atomic mass is 16.5. The normalized spacial score (nSPS) is 18.1. The van der Waals surface area contributed by atoms with Gasteiger partial charge in [-0.25, -0.2) is 0 Å². The monoisotopic (exact) mass is 690 g/mol. The van der Waals surface area contributed by atoms with E-state index < -0.39 is 53.8 Å². The van der Waals surface area contributed by atoms with Gasteiger partial charge in [0.25, 0.3) is 0 Å². The number of nitrogens with one attached hydrogen (secondary N) is 1. The fraction of sp³-hybridized carbons (Fsp3) is 0.472. The average molecular weight is 691 g/mol. The van der Waals surface area contributed by atoms with Gasteiger partial charge in [0, 0.05) is 69.3 Å². The quantitative estimate of drug-likeness (QED) is 0.209. The molecule has 1 heterocycles. The number of hydrogen-bond donors (Lipinski definition) is 4. The lowest BCUT2D eigenvalue weighted by molar-refractivity contribution is -0.144. The number of benzene rings is 2. The molecule has 4 bridgehead atoms. The smallest absolute Gasteiger partial charge is 0.227 e. The lowest BCUT2D eigenvalue weighted by Crippen LogP contribution is -2.46. The first-order valence-electron chi connectivity index (χ1n) is 16.5. The predicted molar refractivity (Wildman–Crippen MR) is 183 cm³/mol. The number of rotatable bonds is 15. The molecule has 0 fully saturated rings. The third-order valence-corrected chi connectivity index (χ3v) is 8.36. The van der Waals surface area contributed by atoms with E-state index in [4.69, 9.17) is 31.9 Å². The molecule has 14 nitrogen and oxygen atoms in total. The van der Waals surface area contributed by atoms with Crippen LogP contribution < -0.4 is 32.0 Å². The van der Waals surface area contributed by atoms with Crippen molar-refractivity contribution in [1.29, 1.82) is 5.26 Å². The van der Waals surface area contributed by atoms with Crippen LogP contribution in [0.5, 0.6) is 11.5 Å². The Labute approximate surface area is 291 Å². The molecule has 50 heavy (non-hydrogen) atoms. The molecule has 14 heteroatoms. The van der Waals surface area contributed by atoms with Gasteiger partial charge in [-0.2, -0.15) is 5.26 Å². The van der Waals surface area contributed by atoms with E-state index in [2.05, 4.69) is 5.32 Å². The van der Waals surface area contributed by atoms with Crippen molar-refractivity contribution < 1.29 is 38.2 Å². The lowest BCUT2D eigenvalue weighted by atomic mass is 9.88. The number of Topliss-reactive ketones (excluding diaryl/α,β-unsaturated/α-hetero) is 3. The van der Waals surface area contributed by atoms with Crippen molar-refractivity contribution >= 4 is 35.1 Å². The first-order chi connectivity index (χ1) is 23.8. The summed E-state index contributed by atoms with van der Waals surface area (Å²) < 4.78 is 12.0. The van der Waals surface area contributed by atoms with E-state index in [1.807, 2.05) is 6.07 Å². The number of nitriles is 1. The minimum absolute atomic E-state index is 0.0343. The molecule has 268 valence electrons. The molecule has 0 aliphatic carbocycles. The van der Waals surface area contributed by atoms with Crippen molar-refractivity contribution in [3.05, 3.63) is 47.5 Å². The molecule has 2 aromatic carbocycles. The third-order valence-electron chi connectivity index (χ3n) is 8.36. The summed E-state index contributed by atoms with van der Waals surface area (Å²) in [6, 6.07) is 9.90. The lowest BCUT2D eigenvalue weighted by Gasteiger charge is -2.32. The van der Waals surface area contributed by atoms with Crippen LogP contribution in [0.2, 0.25) is 0 Å². The van der Waals surface area contributed by atoms with Crippen LogP contribution in [-0.4, -0.2) is 79.4 Å². The number of nitrogens with two attached hydrogens (primary N) is 3. The zero-order valence-electron chi connectivity index (χ0n) is 28.7. The van der Waals surface area contributed by atoms with Crippen molar-refractivity contribution in [3.8, 4) is 28.7 Å². The van der Waals surface area contributed by atoms with Crippen molar-refractivity contribution in [1.82, 2.24) is 10.2 Å². The van der Waals surface area contributed by atoms with Crippen LogP contribution in [0.4, 0.5) is 0 Å². The summed E-state index contributed by atoms with van der Waals surface area (Å²) in [5.74, 6) is -4.42. The third kappa shape index (κ3) is 10.4. The van der Waals surface area contributed by atoms with Crippen molar-refractivity contribution in [2.24, 2.45) is 29.0 Å². The Morgan fingerprint density at radius 1 is 0.980 bits per heavy atom. The van der Waals surface area contributed by atoms with Crippen LogP contribution in [0.25, 0.3) is 11.1 Å². The van der Waals surface area contributed by atoms with Gasteiger partial charge in [-0.15, -0.1) is 0 Å². The molecule has 0 unspecified atom stereocenters. The van der Waals surface area contributed by atoms with E-state index in [1.54, 1.807) is 36.4 Å².